The highest BCUT2D eigenvalue weighted by molar-refractivity contribution is 7.99. The standard InChI is InChI=1S/C16H18FN3O3S2/c1-11-4-6-14(13(17)8-11)19-15(21)10-24-16-7-5-12(9-18-16)25(22,23)20(2)3/h4-9H,10H2,1-3H3,(H,19,21). The number of halogens is 1. The van der Waals surface area contributed by atoms with E-state index >= 15 is 0 Å². The van der Waals surface area contributed by atoms with Crippen LogP contribution in [0.2, 0.25) is 0 Å². The molecule has 0 saturated carbocycles. The zero-order valence-corrected chi connectivity index (χ0v) is 15.6. The first kappa shape index (κ1) is 19.4. The van der Waals surface area contributed by atoms with Gasteiger partial charge in [0, 0.05) is 20.3 Å². The lowest BCUT2D eigenvalue weighted by Crippen LogP contribution is -2.22. The smallest absolute Gasteiger partial charge is 0.244 e. The summed E-state index contributed by atoms with van der Waals surface area (Å²) in [7, 11) is -0.659. The fourth-order valence-electron chi connectivity index (χ4n) is 1.86. The van der Waals surface area contributed by atoms with E-state index in [-0.39, 0.29) is 22.2 Å². The van der Waals surface area contributed by atoms with Crippen molar-refractivity contribution in [3.8, 4) is 0 Å². The van der Waals surface area contributed by atoms with Crippen LogP contribution in [0.15, 0.2) is 46.5 Å². The number of amides is 1. The Hall–Kier alpha value is -1.97. The van der Waals surface area contributed by atoms with E-state index in [4.69, 9.17) is 0 Å². The highest BCUT2D eigenvalue weighted by Gasteiger charge is 2.17. The lowest BCUT2D eigenvalue weighted by Gasteiger charge is -2.11. The quantitative estimate of drug-likeness (QED) is 0.776. The number of carbonyl (C=O) groups is 1. The van der Waals surface area contributed by atoms with E-state index in [0.717, 1.165) is 21.6 Å². The maximum absolute atomic E-state index is 13.7. The molecule has 0 unspecified atom stereocenters. The molecule has 0 bridgehead atoms. The van der Waals surface area contributed by atoms with Gasteiger partial charge in [0.15, 0.2) is 0 Å². The van der Waals surface area contributed by atoms with Crippen LogP contribution in [0, 0.1) is 12.7 Å². The van der Waals surface area contributed by atoms with Crippen LogP contribution in [0.1, 0.15) is 5.56 Å². The molecule has 1 N–H and O–H groups in total. The molecule has 0 aliphatic rings. The van der Waals surface area contributed by atoms with E-state index in [2.05, 4.69) is 10.3 Å². The third-order valence-corrected chi connectivity index (χ3v) is 5.98. The van der Waals surface area contributed by atoms with Gasteiger partial charge in [0.2, 0.25) is 15.9 Å². The molecule has 0 aliphatic heterocycles. The lowest BCUT2D eigenvalue weighted by atomic mass is 10.2. The van der Waals surface area contributed by atoms with Gasteiger partial charge in [-0.3, -0.25) is 4.79 Å². The molecule has 134 valence electrons. The summed E-state index contributed by atoms with van der Waals surface area (Å²) in [6, 6.07) is 7.51. The molecule has 25 heavy (non-hydrogen) atoms. The molecule has 1 amide bonds. The van der Waals surface area contributed by atoms with Gasteiger partial charge >= 0.3 is 0 Å². The summed E-state index contributed by atoms with van der Waals surface area (Å²) in [5.41, 5.74) is 0.887. The van der Waals surface area contributed by atoms with Crippen molar-refractivity contribution in [2.45, 2.75) is 16.8 Å². The average Bonchev–Trinajstić information content (AvgIpc) is 2.56. The monoisotopic (exact) mass is 383 g/mol. The Labute approximate surface area is 150 Å². The van der Waals surface area contributed by atoms with Gasteiger partial charge in [-0.15, -0.1) is 0 Å². The predicted molar refractivity (Wildman–Crippen MR) is 95.6 cm³/mol. The average molecular weight is 383 g/mol. The van der Waals surface area contributed by atoms with Gasteiger partial charge in [0.25, 0.3) is 0 Å². The van der Waals surface area contributed by atoms with Crippen molar-refractivity contribution < 1.29 is 17.6 Å². The van der Waals surface area contributed by atoms with Crippen molar-refractivity contribution in [2.75, 3.05) is 25.2 Å². The number of nitrogens with one attached hydrogen (secondary N) is 1. The van der Waals surface area contributed by atoms with Gasteiger partial charge in [-0.05, 0) is 36.8 Å². The first-order valence-electron chi connectivity index (χ1n) is 7.27. The second-order valence-corrected chi connectivity index (χ2v) is 8.59. The first-order chi connectivity index (χ1) is 11.7. The summed E-state index contributed by atoms with van der Waals surface area (Å²) in [5.74, 6) is -0.839. The van der Waals surface area contributed by atoms with Crippen LogP contribution in [0.4, 0.5) is 10.1 Å². The molecule has 2 aromatic rings. The van der Waals surface area contributed by atoms with Gasteiger partial charge in [0.05, 0.1) is 16.5 Å². The molecule has 1 aromatic heterocycles. The van der Waals surface area contributed by atoms with Crippen molar-refractivity contribution in [3.63, 3.8) is 0 Å². The van der Waals surface area contributed by atoms with Crippen molar-refractivity contribution in [2.24, 2.45) is 0 Å². The summed E-state index contributed by atoms with van der Waals surface area (Å²) < 4.78 is 38.7. The predicted octanol–water partition coefficient (Wildman–Crippen LogP) is 2.51. The fraction of sp³-hybridized carbons (Fsp3) is 0.250. The SMILES string of the molecule is Cc1ccc(NC(=O)CSc2ccc(S(=O)(=O)N(C)C)cn2)c(F)c1. The number of carbonyl (C=O) groups excluding carboxylic acids is 1. The maximum Gasteiger partial charge on any atom is 0.244 e. The van der Waals surface area contributed by atoms with E-state index in [9.17, 15) is 17.6 Å². The van der Waals surface area contributed by atoms with Crippen molar-refractivity contribution in [3.05, 3.63) is 47.9 Å². The molecule has 9 heteroatoms. The van der Waals surface area contributed by atoms with Crippen molar-refractivity contribution in [1.29, 1.82) is 0 Å². The van der Waals surface area contributed by atoms with Crippen molar-refractivity contribution in [1.82, 2.24) is 9.29 Å². The molecular weight excluding hydrogens is 365 g/mol. The number of thioether (sulfide) groups is 1. The highest BCUT2D eigenvalue weighted by atomic mass is 32.2. The largest absolute Gasteiger partial charge is 0.323 e. The number of anilines is 1. The summed E-state index contributed by atoms with van der Waals surface area (Å²) in [6.45, 7) is 1.76. The van der Waals surface area contributed by atoms with Gasteiger partial charge in [-0.25, -0.2) is 22.1 Å². The molecule has 0 spiro atoms. The number of aryl methyl sites for hydroxylation is 1. The topological polar surface area (TPSA) is 79.4 Å². The molecule has 2 rings (SSSR count). The number of hydrogen-bond acceptors (Lipinski definition) is 5. The molecule has 0 fully saturated rings. The van der Waals surface area contributed by atoms with E-state index in [0.29, 0.717) is 5.03 Å². The number of benzene rings is 1. The Morgan fingerprint density at radius 1 is 1.28 bits per heavy atom. The summed E-state index contributed by atoms with van der Waals surface area (Å²) in [6.07, 6.45) is 1.25. The third-order valence-electron chi connectivity index (χ3n) is 3.24. The Bertz CT molecular complexity index is 869. The van der Waals surface area contributed by atoms with Crippen LogP contribution in [0.25, 0.3) is 0 Å². The molecule has 0 radical (unpaired) electrons. The van der Waals surface area contributed by atoms with Crippen LogP contribution in [0.3, 0.4) is 0 Å². The number of pyridine rings is 1. The molecular formula is C16H18FN3O3S2. The highest BCUT2D eigenvalue weighted by Crippen LogP contribution is 2.20. The Balaban J connectivity index is 1.96. The van der Waals surface area contributed by atoms with E-state index < -0.39 is 15.8 Å². The number of aromatic nitrogens is 1. The van der Waals surface area contributed by atoms with Gasteiger partial charge in [0.1, 0.15) is 10.7 Å². The second-order valence-electron chi connectivity index (χ2n) is 5.44. The number of sulfonamides is 1. The molecule has 1 aromatic carbocycles. The maximum atomic E-state index is 13.7. The minimum Gasteiger partial charge on any atom is -0.323 e. The molecule has 6 nitrogen and oxygen atoms in total. The van der Waals surface area contributed by atoms with Gasteiger partial charge in [-0.2, -0.15) is 0 Å². The number of rotatable bonds is 6. The molecule has 0 saturated heterocycles. The fourth-order valence-corrected chi connectivity index (χ4v) is 3.35. The minimum absolute atomic E-state index is 0.0279. The zero-order chi connectivity index (χ0) is 18.6. The van der Waals surface area contributed by atoms with Crippen LogP contribution in [-0.2, 0) is 14.8 Å². The first-order valence-corrected chi connectivity index (χ1v) is 9.70. The van der Waals surface area contributed by atoms with E-state index in [1.165, 1.54) is 44.6 Å². The summed E-state index contributed by atoms with van der Waals surface area (Å²) in [5, 5.41) is 2.99. The van der Waals surface area contributed by atoms with Gasteiger partial charge in [-0.1, -0.05) is 17.8 Å². The second kappa shape index (κ2) is 7.94. The normalized spacial score (nSPS) is 11.6. The zero-order valence-electron chi connectivity index (χ0n) is 14.0. The van der Waals surface area contributed by atoms with E-state index in [1.807, 2.05) is 0 Å². The Morgan fingerprint density at radius 3 is 2.56 bits per heavy atom. The van der Waals surface area contributed by atoms with Crippen LogP contribution >= 0.6 is 11.8 Å². The van der Waals surface area contributed by atoms with Crippen LogP contribution in [-0.4, -0.2) is 43.5 Å². The molecule has 1 heterocycles. The van der Waals surface area contributed by atoms with E-state index in [1.54, 1.807) is 13.0 Å². The van der Waals surface area contributed by atoms with Crippen LogP contribution in [0.5, 0.6) is 0 Å². The number of hydrogen-bond donors (Lipinski definition) is 1. The minimum atomic E-state index is -3.53. The molecule has 0 atom stereocenters. The third kappa shape index (κ3) is 5.00. The van der Waals surface area contributed by atoms with Gasteiger partial charge < -0.3 is 5.32 Å². The Morgan fingerprint density at radius 2 is 2.00 bits per heavy atom. The van der Waals surface area contributed by atoms with Crippen molar-refractivity contribution >= 4 is 33.4 Å². The lowest BCUT2D eigenvalue weighted by molar-refractivity contribution is -0.113. The summed E-state index contributed by atoms with van der Waals surface area (Å²) in [4.78, 5) is 16.0. The number of nitrogens with zero attached hydrogens (tertiary/aromatic N) is 2. The summed E-state index contributed by atoms with van der Waals surface area (Å²) >= 11 is 1.13. The Kier molecular flexibility index (Phi) is 6.15. The molecule has 0 aliphatic carbocycles. The van der Waals surface area contributed by atoms with Crippen LogP contribution < -0.4 is 5.32 Å².